The van der Waals surface area contributed by atoms with Crippen LogP contribution in [-0.4, -0.2) is 27.5 Å². The summed E-state index contributed by atoms with van der Waals surface area (Å²) in [5.41, 5.74) is -1.01. The number of furan rings is 1. The van der Waals surface area contributed by atoms with E-state index in [4.69, 9.17) is 4.42 Å². The number of benzene rings is 1. The lowest BCUT2D eigenvalue weighted by Crippen LogP contribution is -2.25. The van der Waals surface area contributed by atoms with Crippen LogP contribution in [0.4, 0.5) is 8.78 Å². The van der Waals surface area contributed by atoms with Crippen molar-refractivity contribution < 1.29 is 27.8 Å². The van der Waals surface area contributed by atoms with Crippen LogP contribution in [0.15, 0.2) is 27.5 Å². The first-order valence-electron chi connectivity index (χ1n) is 8.12. The lowest BCUT2D eigenvalue weighted by atomic mass is 10.1. The minimum absolute atomic E-state index is 0.0221. The predicted octanol–water partition coefficient (Wildman–Crippen LogP) is 3.56. The van der Waals surface area contributed by atoms with Gasteiger partial charge < -0.3 is 14.3 Å². The van der Waals surface area contributed by atoms with E-state index in [0.29, 0.717) is 0 Å². The highest BCUT2D eigenvalue weighted by Gasteiger charge is 2.25. The normalized spacial score (nSPS) is 15.3. The lowest BCUT2D eigenvalue weighted by Gasteiger charge is -2.10. The van der Waals surface area contributed by atoms with E-state index in [2.05, 4.69) is 9.84 Å². The summed E-state index contributed by atoms with van der Waals surface area (Å²) in [6, 6.07) is 2.18. The molecule has 3 aromatic rings. The third-order valence-corrected chi connectivity index (χ3v) is 4.67. The highest BCUT2D eigenvalue weighted by molar-refractivity contribution is 6.15. The van der Waals surface area contributed by atoms with Crippen molar-refractivity contribution in [2.24, 2.45) is 0 Å². The van der Waals surface area contributed by atoms with E-state index in [1.165, 1.54) is 10.9 Å². The Morgan fingerprint density at radius 2 is 2.04 bits per heavy atom. The molecule has 1 fully saturated rings. The van der Waals surface area contributed by atoms with E-state index in [0.717, 1.165) is 37.8 Å². The molecule has 7 nitrogen and oxygen atoms in total. The fourth-order valence-electron chi connectivity index (χ4n) is 3.54. The van der Waals surface area contributed by atoms with Crippen LogP contribution in [0.3, 0.4) is 0 Å². The topological polar surface area (TPSA) is 94.6 Å². The highest BCUT2D eigenvalue weighted by atomic mass is 19.3. The molecular formula is C17H14F2N2O5. The number of ether oxygens (including phenoxy) is 1. The van der Waals surface area contributed by atoms with Crippen molar-refractivity contribution in [2.75, 3.05) is 0 Å². The molecule has 0 spiro atoms. The summed E-state index contributed by atoms with van der Waals surface area (Å²) in [5.74, 6) is -1.61. The molecule has 0 radical (unpaired) electrons. The largest absolute Gasteiger partial charge is 0.478 e. The van der Waals surface area contributed by atoms with Gasteiger partial charge in [0.2, 0.25) is 5.58 Å². The van der Waals surface area contributed by atoms with Gasteiger partial charge in [-0.3, -0.25) is 4.79 Å². The Balaban J connectivity index is 2.03. The number of hydrogen-bond acceptors (Lipinski definition) is 5. The molecule has 2 aromatic heterocycles. The number of carbonyl (C=O) groups is 1. The van der Waals surface area contributed by atoms with Crippen LogP contribution in [0.1, 0.15) is 42.1 Å². The standard InChI is InChI=1S/C17H14F2N2O5/c18-17(19)25-11-6-5-9(16(23)24)12-10-7-20-21(8-3-1-2-4-8)15(22)13(10)26-14(11)12/h5-8,17H,1-4H2,(H,23,24). The second-order valence-corrected chi connectivity index (χ2v) is 6.18. The van der Waals surface area contributed by atoms with Crippen LogP contribution in [0.25, 0.3) is 21.9 Å². The molecule has 9 heteroatoms. The van der Waals surface area contributed by atoms with E-state index < -0.39 is 18.1 Å². The minimum atomic E-state index is -3.12. The van der Waals surface area contributed by atoms with Crippen LogP contribution in [0.5, 0.6) is 5.75 Å². The minimum Gasteiger partial charge on any atom is -0.478 e. The number of alkyl halides is 2. The number of rotatable bonds is 4. The summed E-state index contributed by atoms with van der Waals surface area (Å²) >= 11 is 0. The molecule has 0 aliphatic heterocycles. The summed E-state index contributed by atoms with van der Waals surface area (Å²) in [7, 11) is 0. The molecule has 0 unspecified atom stereocenters. The molecular weight excluding hydrogens is 350 g/mol. The molecule has 0 bridgehead atoms. The Morgan fingerprint density at radius 3 is 2.69 bits per heavy atom. The number of carboxylic acids is 1. The summed E-state index contributed by atoms with van der Waals surface area (Å²) in [4.78, 5) is 24.3. The molecule has 0 saturated heterocycles. The Bertz CT molecular complexity index is 1070. The van der Waals surface area contributed by atoms with Crippen molar-refractivity contribution in [1.29, 1.82) is 0 Å². The van der Waals surface area contributed by atoms with E-state index in [1.54, 1.807) is 0 Å². The number of nitrogens with zero attached hydrogens (tertiary/aromatic N) is 2. The average molecular weight is 364 g/mol. The SMILES string of the molecule is O=C(O)c1ccc(OC(F)F)c2oc3c(=O)n(C4CCCC4)ncc3c12. The average Bonchev–Trinajstić information content (AvgIpc) is 3.23. The van der Waals surface area contributed by atoms with Crippen molar-refractivity contribution in [1.82, 2.24) is 9.78 Å². The fraction of sp³-hybridized carbons (Fsp3) is 0.353. The van der Waals surface area contributed by atoms with Gasteiger partial charge in [0.1, 0.15) is 0 Å². The van der Waals surface area contributed by atoms with Crippen LogP contribution in [-0.2, 0) is 0 Å². The van der Waals surface area contributed by atoms with Gasteiger partial charge in [0, 0.05) is 5.39 Å². The Labute approximate surface area is 144 Å². The van der Waals surface area contributed by atoms with Crippen LogP contribution >= 0.6 is 0 Å². The smallest absolute Gasteiger partial charge is 0.387 e. The van der Waals surface area contributed by atoms with Gasteiger partial charge in [0.05, 0.1) is 23.2 Å². The van der Waals surface area contributed by atoms with Gasteiger partial charge in [-0.1, -0.05) is 12.8 Å². The van der Waals surface area contributed by atoms with E-state index in [-0.39, 0.29) is 39.3 Å². The number of carboxylic acid groups (broad SMARTS) is 1. The van der Waals surface area contributed by atoms with Crippen molar-refractivity contribution in [3.63, 3.8) is 0 Å². The monoisotopic (exact) mass is 364 g/mol. The first-order valence-corrected chi connectivity index (χ1v) is 8.12. The molecule has 1 aromatic carbocycles. The van der Waals surface area contributed by atoms with E-state index in [1.807, 2.05) is 0 Å². The molecule has 1 aliphatic carbocycles. The molecule has 1 N–H and O–H groups in total. The molecule has 4 rings (SSSR count). The van der Waals surface area contributed by atoms with Crippen molar-refractivity contribution in [3.05, 3.63) is 34.2 Å². The fourth-order valence-corrected chi connectivity index (χ4v) is 3.54. The maximum absolute atomic E-state index is 12.8. The molecule has 1 saturated carbocycles. The molecule has 2 heterocycles. The zero-order chi connectivity index (χ0) is 18.4. The number of aromatic nitrogens is 2. The Morgan fingerprint density at radius 1 is 1.31 bits per heavy atom. The van der Waals surface area contributed by atoms with Gasteiger partial charge in [-0.2, -0.15) is 13.9 Å². The third-order valence-electron chi connectivity index (χ3n) is 4.67. The van der Waals surface area contributed by atoms with Gasteiger partial charge in [-0.25, -0.2) is 9.48 Å². The molecule has 0 atom stereocenters. The number of fused-ring (bicyclic) bond motifs is 3. The third kappa shape index (κ3) is 2.51. The predicted molar refractivity (Wildman–Crippen MR) is 86.9 cm³/mol. The lowest BCUT2D eigenvalue weighted by molar-refractivity contribution is -0.0493. The first-order chi connectivity index (χ1) is 12.5. The van der Waals surface area contributed by atoms with Crippen LogP contribution in [0, 0.1) is 0 Å². The van der Waals surface area contributed by atoms with E-state index >= 15 is 0 Å². The Hall–Kier alpha value is -2.97. The molecule has 26 heavy (non-hydrogen) atoms. The summed E-state index contributed by atoms with van der Waals surface area (Å²) < 4.78 is 36.6. The maximum atomic E-state index is 12.8. The molecule has 0 amide bonds. The second-order valence-electron chi connectivity index (χ2n) is 6.18. The number of halogens is 2. The quantitative estimate of drug-likeness (QED) is 0.761. The maximum Gasteiger partial charge on any atom is 0.387 e. The Kier molecular flexibility index (Phi) is 3.86. The number of aromatic carboxylic acids is 1. The van der Waals surface area contributed by atoms with Crippen molar-refractivity contribution in [2.45, 2.75) is 38.3 Å². The van der Waals surface area contributed by atoms with E-state index in [9.17, 15) is 23.5 Å². The summed E-state index contributed by atoms with van der Waals surface area (Å²) in [6.45, 7) is -3.12. The van der Waals surface area contributed by atoms with Gasteiger partial charge >= 0.3 is 18.1 Å². The van der Waals surface area contributed by atoms with Crippen molar-refractivity contribution >= 4 is 27.9 Å². The van der Waals surface area contributed by atoms with Gasteiger partial charge in [-0.05, 0) is 25.0 Å². The molecule has 136 valence electrons. The summed E-state index contributed by atoms with van der Waals surface area (Å²) in [5, 5.41) is 13.7. The zero-order valence-electron chi connectivity index (χ0n) is 13.4. The first kappa shape index (κ1) is 16.5. The van der Waals surface area contributed by atoms with Gasteiger partial charge in [-0.15, -0.1) is 0 Å². The van der Waals surface area contributed by atoms with Gasteiger partial charge in [0.25, 0.3) is 0 Å². The second kappa shape index (κ2) is 6.08. The van der Waals surface area contributed by atoms with Crippen molar-refractivity contribution in [3.8, 4) is 5.75 Å². The van der Waals surface area contributed by atoms with Crippen LogP contribution < -0.4 is 10.3 Å². The summed E-state index contributed by atoms with van der Waals surface area (Å²) in [6.07, 6.45) is 4.97. The number of hydrogen-bond donors (Lipinski definition) is 1. The zero-order valence-corrected chi connectivity index (χ0v) is 13.4. The molecule has 1 aliphatic rings. The highest BCUT2D eigenvalue weighted by Crippen LogP contribution is 2.37. The van der Waals surface area contributed by atoms with Crippen LogP contribution in [0.2, 0.25) is 0 Å². The van der Waals surface area contributed by atoms with Gasteiger partial charge in [0.15, 0.2) is 11.3 Å².